The van der Waals surface area contributed by atoms with Crippen LogP contribution in [-0.4, -0.2) is 27.6 Å². The van der Waals surface area contributed by atoms with E-state index in [-0.39, 0.29) is 12.3 Å². The number of aliphatic hydroxyl groups is 1. The summed E-state index contributed by atoms with van der Waals surface area (Å²) < 4.78 is 0. The molecule has 0 spiro atoms. The Morgan fingerprint density at radius 3 is 2.67 bits per heavy atom. The van der Waals surface area contributed by atoms with Crippen molar-refractivity contribution < 1.29 is 19.8 Å². The highest BCUT2D eigenvalue weighted by Gasteiger charge is 2.33. The van der Waals surface area contributed by atoms with E-state index in [2.05, 4.69) is 19.1 Å². The molecule has 0 bridgehead atoms. The minimum absolute atomic E-state index is 0.0895. The molecule has 24 heavy (non-hydrogen) atoms. The molecule has 0 heterocycles. The predicted octanol–water partition coefficient (Wildman–Crippen LogP) is 4.50. The van der Waals surface area contributed by atoms with Crippen LogP contribution in [0, 0.1) is 11.8 Å². The van der Waals surface area contributed by atoms with Gasteiger partial charge in [0.1, 0.15) is 5.78 Å². The second-order valence-corrected chi connectivity index (χ2v) is 7.38. The van der Waals surface area contributed by atoms with Crippen LogP contribution in [-0.2, 0) is 9.59 Å². The van der Waals surface area contributed by atoms with Crippen LogP contribution in [0.25, 0.3) is 0 Å². The van der Waals surface area contributed by atoms with Gasteiger partial charge in [-0.1, -0.05) is 44.8 Å². The molecule has 3 atom stereocenters. The Bertz CT molecular complexity index is 425. The lowest BCUT2D eigenvalue weighted by Gasteiger charge is -2.19. The second kappa shape index (κ2) is 10.7. The van der Waals surface area contributed by atoms with E-state index in [1.165, 1.54) is 32.6 Å². The number of rotatable bonds is 12. The number of carboxylic acid groups (broad SMARTS) is 1. The van der Waals surface area contributed by atoms with Crippen molar-refractivity contribution in [2.75, 3.05) is 0 Å². The van der Waals surface area contributed by atoms with E-state index in [0.29, 0.717) is 24.5 Å². The molecule has 1 saturated carbocycles. The molecule has 0 amide bonds. The van der Waals surface area contributed by atoms with Gasteiger partial charge in [0.2, 0.25) is 0 Å². The number of allylic oxidation sites excluding steroid dienone is 2. The molecule has 2 N–H and O–H groups in total. The van der Waals surface area contributed by atoms with E-state index in [4.69, 9.17) is 5.11 Å². The van der Waals surface area contributed by atoms with E-state index in [9.17, 15) is 14.7 Å². The average molecular weight is 338 g/mol. The first-order valence-electron chi connectivity index (χ1n) is 9.53. The molecule has 1 aliphatic rings. The van der Waals surface area contributed by atoms with Crippen LogP contribution in [0.5, 0.6) is 0 Å². The third kappa shape index (κ3) is 7.16. The van der Waals surface area contributed by atoms with Crippen LogP contribution < -0.4 is 0 Å². The number of carbonyl (C=O) groups excluding carboxylic acids is 1. The lowest BCUT2D eigenvalue weighted by molar-refractivity contribution is -0.157. The Morgan fingerprint density at radius 1 is 1.25 bits per heavy atom. The molecular weight excluding hydrogens is 304 g/mol. The fourth-order valence-electron chi connectivity index (χ4n) is 3.44. The summed E-state index contributed by atoms with van der Waals surface area (Å²) in [6.45, 7) is 3.54. The van der Waals surface area contributed by atoms with Crippen molar-refractivity contribution in [1.82, 2.24) is 0 Å². The molecule has 4 heteroatoms. The van der Waals surface area contributed by atoms with Crippen molar-refractivity contribution in [1.29, 1.82) is 0 Å². The maximum Gasteiger partial charge on any atom is 0.335 e. The Hall–Kier alpha value is -1.16. The number of carbonyl (C=O) groups is 2. The Morgan fingerprint density at radius 2 is 2.00 bits per heavy atom. The lowest BCUT2D eigenvalue weighted by atomic mass is 9.88. The van der Waals surface area contributed by atoms with Crippen molar-refractivity contribution in [2.24, 2.45) is 11.8 Å². The lowest BCUT2D eigenvalue weighted by Crippen LogP contribution is -2.34. The number of hydrogen-bond acceptors (Lipinski definition) is 3. The molecule has 0 aromatic heterocycles. The molecule has 1 rings (SSSR count). The number of hydrogen-bond donors (Lipinski definition) is 2. The summed E-state index contributed by atoms with van der Waals surface area (Å²) in [5.41, 5.74) is -1.66. The van der Waals surface area contributed by atoms with Crippen molar-refractivity contribution in [3.05, 3.63) is 12.2 Å². The average Bonchev–Trinajstić information content (AvgIpc) is 2.87. The Labute approximate surface area is 146 Å². The quantitative estimate of drug-likeness (QED) is 0.406. The van der Waals surface area contributed by atoms with Crippen LogP contribution in [0.4, 0.5) is 0 Å². The van der Waals surface area contributed by atoms with E-state index < -0.39 is 11.6 Å². The molecule has 4 nitrogen and oxygen atoms in total. The van der Waals surface area contributed by atoms with E-state index in [1.54, 1.807) is 0 Å². The maximum absolute atomic E-state index is 12.1. The summed E-state index contributed by atoms with van der Waals surface area (Å²) in [7, 11) is 0. The monoisotopic (exact) mass is 338 g/mol. The number of aliphatic carboxylic acids is 1. The second-order valence-electron chi connectivity index (χ2n) is 7.38. The minimum Gasteiger partial charge on any atom is -0.479 e. The number of unbranched alkanes of at least 4 members (excludes halogenated alkanes) is 5. The van der Waals surface area contributed by atoms with Crippen molar-refractivity contribution >= 4 is 11.8 Å². The van der Waals surface area contributed by atoms with Gasteiger partial charge < -0.3 is 10.2 Å². The van der Waals surface area contributed by atoms with Crippen LogP contribution in [0.1, 0.15) is 84.5 Å². The van der Waals surface area contributed by atoms with Gasteiger partial charge in [-0.2, -0.15) is 0 Å². The van der Waals surface area contributed by atoms with Crippen LogP contribution in [0.15, 0.2) is 12.2 Å². The molecule has 0 saturated heterocycles. The van der Waals surface area contributed by atoms with Gasteiger partial charge in [-0.3, -0.25) is 4.79 Å². The van der Waals surface area contributed by atoms with Gasteiger partial charge in [-0.25, -0.2) is 4.79 Å². The first kappa shape index (κ1) is 20.9. The summed E-state index contributed by atoms with van der Waals surface area (Å²) >= 11 is 0. The smallest absolute Gasteiger partial charge is 0.335 e. The number of Topliss-reactive ketones (excluding diaryl/α,β-unsaturated/α-hetero) is 1. The SMILES string of the molecule is CCCCCCC=C[C@H]1CCC(=O)[C@@H]1CCCCC(C)(O)C(=O)O. The predicted molar refractivity (Wildman–Crippen MR) is 95.8 cm³/mol. The topological polar surface area (TPSA) is 74.6 Å². The van der Waals surface area contributed by atoms with Gasteiger partial charge in [-0.05, 0) is 51.4 Å². The third-order valence-electron chi connectivity index (χ3n) is 5.15. The first-order chi connectivity index (χ1) is 11.4. The van der Waals surface area contributed by atoms with Crippen LogP contribution in [0.2, 0.25) is 0 Å². The summed E-state index contributed by atoms with van der Waals surface area (Å²) in [5, 5.41) is 18.6. The first-order valence-corrected chi connectivity index (χ1v) is 9.53. The highest BCUT2D eigenvalue weighted by molar-refractivity contribution is 5.83. The van der Waals surface area contributed by atoms with Gasteiger partial charge >= 0.3 is 5.97 Å². The third-order valence-corrected chi connectivity index (χ3v) is 5.15. The van der Waals surface area contributed by atoms with Gasteiger partial charge in [0.15, 0.2) is 5.60 Å². The van der Waals surface area contributed by atoms with Gasteiger partial charge in [-0.15, -0.1) is 0 Å². The molecule has 0 radical (unpaired) electrons. The number of ketones is 1. The zero-order valence-corrected chi connectivity index (χ0v) is 15.3. The fourth-order valence-corrected chi connectivity index (χ4v) is 3.44. The largest absolute Gasteiger partial charge is 0.479 e. The molecule has 0 aliphatic heterocycles. The van der Waals surface area contributed by atoms with E-state index in [1.807, 2.05) is 0 Å². The summed E-state index contributed by atoms with van der Waals surface area (Å²) in [6, 6.07) is 0. The maximum atomic E-state index is 12.1. The molecule has 138 valence electrons. The van der Waals surface area contributed by atoms with Crippen molar-refractivity contribution in [3.63, 3.8) is 0 Å². The zero-order chi connectivity index (χ0) is 18.0. The van der Waals surface area contributed by atoms with E-state index in [0.717, 1.165) is 25.7 Å². The molecule has 1 unspecified atom stereocenters. The summed E-state index contributed by atoms with van der Waals surface area (Å²) in [4.78, 5) is 23.0. The Balaban J connectivity index is 2.32. The highest BCUT2D eigenvalue weighted by Crippen LogP contribution is 2.34. The Kier molecular flexibility index (Phi) is 9.27. The van der Waals surface area contributed by atoms with Gasteiger partial charge in [0, 0.05) is 12.3 Å². The fraction of sp³-hybridized carbons (Fsp3) is 0.800. The molecular formula is C20H34O4. The zero-order valence-electron chi connectivity index (χ0n) is 15.3. The summed E-state index contributed by atoms with van der Waals surface area (Å²) in [6.07, 6.45) is 14.7. The van der Waals surface area contributed by atoms with Crippen molar-refractivity contribution in [2.45, 2.75) is 90.1 Å². The normalized spacial score (nSPS) is 23.7. The van der Waals surface area contributed by atoms with Crippen LogP contribution >= 0.6 is 0 Å². The van der Waals surface area contributed by atoms with Gasteiger partial charge in [0.05, 0.1) is 0 Å². The van der Waals surface area contributed by atoms with E-state index >= 15 is 0 Å². The molecule has 1 fully saturated rings. The van der Waals surface area contributed by atoms with Gasteiger partial charge in [0.25, 0.3) is 0 Å². The summed E-state index contributed by atoms with van der Waals surface area (Å²) in [5.74, 6) is -0.390. The van der Waals surface area contributed by atoms with Crippen LogP contribution in [0.3, 0.4) is 0 Å². The molecule has 1 aliphatic carbocycles. The molecule has 0 aromatic carbocycles. The minimum atomic E-state index is -1.66. The highest BCUT2D eigenvalue weighted by atomic mass is 16.4. The number of carboxylic acids is 1. The van der Waals surface area contributed by atoms with Crippen molar-refractivity contribution in [3.8, 4) is 0 Å². The molecule has 0 aromatic rings. The standard InChI is InChI=1S/C20H34O4/c1-3-4-5-6-7-8-11-16-13-14-18(21)17(16)12-9-10-15-20(2,24)19(22)23/h8,11,16-17,24H,3-7,9-10,12-15H2,1-2H3,(H,22,23)/t16-,17+,20?/m0/s1.